The van der Waals surface area contributed by atoms with Crippen LogP contribution in [0.4, 0.5) is 0 Å². The molecule has 0 fully saturated rings. The number of carbonyl (C=O) groups excluding carboxylic acids is 1. The smallest absolute Gasteiger partial charge is 0.307 e. The molecule has 6 heteroatoms. The van der Waals surface area contributed by atoms with Gasteiger partial charge in [0.2, 0.25) is 5.91 Å². The number of rotatable bonds is 9. The first-order valence-electron chi connectivity index (χ1n) is 7.64. The summed E-state index contributed by atoms with van der Waals surface area (Å²) in [6.45, 7) is 1.29. The van der Waals surface area contributed by atoms with Gasteiger partial charge in [-0.25, -0.2) is 4.98 Å². The molecule has 0 aliphatic heterocycles. The minimum Gasteiger partial charge on any atom is -0.481 e. The van der Waals surface area contributed by atoms with Crippen LogP contribution < -0.4 is 5.32 Å². The number of imidazole rings is 1. The van der Waals surface area contributed by atoms with E-state index in [2.05, 4.69) is 10.3 Å². The van der Waals surface area contributed by atoms with Crippen molar-refractivity contribution in [3.8, 4) is 0 Å². The van der Waals surface area contributed by atoms with E-state index in [4.69, 9.17) is 0 Å². The zero-order chi connectivity index (χ0) is 16.5. The minimum atomic E-state index is -0.942. The summed E-state index contributed by atoms with van der Waals surface area (Å²) in [5.41, 5.74) is 0.924. The molecule has 0 saturated carbocycles. The van der Waals surface area contributed by atoms with Gasteiger partial charge in [-0.3, -0.25) is 9.59 Å². The number of aromatic nitrogens is 2. The van der Waals surface area contributed by atoms with Crippen molar-refractivity contribution in [3.05, 3.63) is 54.6 Å². The van der Waals surface area contributed by atoms with Gasteiger partial charge in [-0.05, 0) is 18.4 Å². The van der Waals surface area contributed by atoms with Gasteiger partial charge in [0, 0.05) is 31.9 Å². The maximum absolute atomic E-state index is 11.9. The zero-order valence-electron chi connectivity index (χ0n) is 12.9. The first-order chi connectivity index (χ1) is 11.1. The van der Waals surface area contributed by atoms with Gasteiger partial charge in [0.1, 0.15) is 0 Å². The molecule has 0 aliphatic rings. The molecule has 0 saturated heterocycles. The fourth-order valence-corrected chi connectivity index (χ4v) is 2.35. The fourth-order valence-electron chi connectivity index (χ4n) is 2.35. The number of nitrogens with zero attached hydrogens (tertiary/aromatic N) is 2. The number of nitrogens with one attached hydrogen (secondary N) is 1. The topological polar surface area (TPSA) is 84.2 Å². The Bertz CT molecular complexity index is 611. The third kappa shape index (κ3) is 5.94. The van der Waals surface area contributed by atoms with Crippen LogP contribution >= 0.6 is 0 Å². The van der Waals surface area contributed by atoms with Crippen LogP contribution in [0.2, 0.25) is 0 Å². The van der Waals surface area contributed by atoms with Crippen molar-refractivity contribution >= 4 is 11.9 Å². The van der Waals surface area contributed by atoms with Crippen molar-refractivity contribution in [1.29, 1.82) is 0 Å². The second-order valence-corrected chi connectivity index (χ2v) is 5.43. The first kappa shape index (κ1) is 16.7. The molecule has 6 nitrogen and oxygen atoms in total. The van der Waals surface area contributed by atoms with Crippen LogP contribution in [0.5, 0.6) is 0 Å². The van der Waals surface area contributed by atoms with E-state index in [0.29, 0.717) is 13.0 Å². The van der Waals surface area contributed by atoms with E-state index in [1.807, 2.05) is 41.1 Å². The van der Waals surface area contributed by atoms with Crippen LogP contribution in [0.3, 0.4) is 0 Å². The molecule has 2 rings (SSSR count). The summed E-state index contributed by atoms with van der Waals surface area (Å²) in [7, 11) is 0. The Labute approximate surface area is 135 Å². The molecular weight excluding hydrogens is 294 g/mol. The molecular formula is C17H21N3O3. The Morgan fingerprint density at radius 2 is 2.04 bits per heavy atom. The molecule has 122 valence electrons. The van der Waals surface area contributed by atoms with Crippen molar-refractivity contribution in [2.45, 2.75) is 25.8 Å². The number of hydrogen-bond acceptors (Lipinski definition) is 3. The van der Waals surface area contributed by atoms with Crippen molar-refractivity contribution in [2.75, 3.05) is 6.54 Å². The van der Waals surface area contributed by atoms with Gasteiger partial charge in [-0.15, -0.1) is 0 Å². The Morgan fingerprint density at radius 3 is 2.70 bits per heavy atom. The third-order valence-corrected chi connectivity index (χ3v) is 3.58. The van der Waals surface area contributed by atoms with Gasteiger partial charge in [0.15, 0.2) is 0 Å². The van der Waals surface area contributed by atoms with E-state index in [1.54, 1.807) is 12.5 Å². The Hall–Kier alpha value is -2.63. The van der Waals surface area contributed by atoms with E-state index in [0.717, 1.165) is 18.5 Å². The molecule has 0 radical (unpaired) electrons. The maximum Gasteiger partial charge on any atom is 0.307 e. The van der Waals surface area contributed by atoms with Crippen LogP contribution in [-0.4, -0.2) is 33.1 Å². The lowest BCUT2D eigenvalue weighted by molar-refractivity contribution is -0.144. The number of benzene rings is 1. The van der Waals surface area contributed by atoms with Crippen molar-refractivity contribution in [1.82, 2.24) is 14.9 Å². The highest BCUT2D eigenvalue weighted by atomic mass is 16.4. The van der Waals surface area contributed by atoms with E-state index in [-0.39, 0.29) is 12.3 Å². The molecule has 1 aromatic heterocycles. The summed E-state index contributed by atoms with van der Waals surface area (Å²) in [6, 6.07) is 9.36. The van der Waals surface area contributed by atoms with Gasteiger partial charge >= 0.3 is 5.97 Å². The third-order valence-electron chi connectivity index (χ3n) is 3.58. The van der Waals surface area contributed by atoms with Gasteiger partial charge in [-0.2, -0.15) is 0 Å². The van der Waals surface area contributed by atoms with Gasteiger partial charge in [0.05, 0.1) is 12.2 Å². The lowest BCUT2D eigenvalue weighted by Crippen LogP contribution is -2.30. The Kier molecular flexibility index (Phi) is 6.35. The number of aryl methyl sites for hydroxylation is 1. The first-order valence-corrected chi connectivity index (χ1v) is 7.64. The summed E-state index contributed by atoms with van der Waals surface area (Å²) >= 11 is 0. The SMILES string of the molecule is O=C(C[C@@H](Cc1ccccc1)C(=O)O)NCCCn1ccnc1. The summed E-state index contributed by atoms with van der Waals surface area (Å²) in [4.78, 5) is 27.2. The van der Waals surface area contributed by atoms with Crippen LogP contribution in [-0.2, 0) is 22.6 Å². The average molecular weight is 315 g/mol. The molecule has 2 aromatic rings. The van der Waals surface area contributed by atoms with E-state index in [1.165, 1.54) is 0 Å². The summed E-state index contributed by atoms with van der Waals surface area (Å²) < 4.78 is 1.93. The van der Waals surface area contributed by atoms with Gasteiger partial charge in [0.25, 0.3) is 0 Å². The molecule has 0 unspecified atom stereocenters. The highest BCUT2D eigenvalue weighted by Crippen LogP contribution is 2.12. The van der Waals surface area contributed by atoms with Crippen LogP contribution in [0.25, 0.3) is 0 Å². The predicted octanol–water partition coefficient (Wildman–Crippen LogP) is 1.72. The number of carboxylic acids is 1. The van der Waals surface area contributed by atoms with Crippen molar-refractivity contribution < 1.29 is 14.7 Å². The highest BCUT2D eigenvalue weighted by molar-refractivity contribution is 5.82. The van der Waals surface area contributed by atoms with E-state index in [9.17, 15) is 14.7 Å². The van der Waals surface area contributed by atoms with E-state index < -0.39 is 11.9 Å². The minimum absolute atomic E-state index is 0.00466. The second-order valence-electron chi connectivity index (χ2n) is 5.43. The Morgan fingerprint density at radius 1 is 1.26 bits per heavy atom. The second kappa shape index (κ2) is 8.73. The van der Waals surface area contributed by atoms with E-state index >= 15 is 0 Å². The summed E-state index contributed by atoms with van der Waals surface area (Å²) in [5.74, 6) is -1.87. The molecule has 0 spiro atoms. The number of carbonyl (C=O) groups is 2. The molecule has 1 aromatic carbocycles. The highest BCUT2D eigenvalue weighted by Gasteiger charge is 2.21. The summed E-state index contributed by atoms with van der Waals surface area (Å²) in [6.07, 6.45) is 6.43. The molecule has 1 amide bonds. The maximum atomic E-state index is 11.9. The van der Waals surface area contributed by atoms with Gasteiger partial charge in [-0.1, -0.05) is 30.3 Å². The van der Waals surface area contributed by atoms with Crippen LogP contribution in [0, 0.1) is 5.92 Å². The molecule has 23 heavy (non-hydrogen) atoms. The molecule has 0 bridgehead atoms. The Balaban J connectivity index is 1.73. The lowest BCUT2D eigenvalue weighted by atomic mass is 9.96. The quantitative estimate of drug-likeness (QED) is 0.690. The molecule has 2 N–H and O–H groups in total. The molecule has 1 heterocycles. The van der Waals surface area contributed by atoms with Crippen molar-refractivity contribution in [2.24, 2.45) is 5.92 Å². The summed E-state index contributed by atoms with van der Waals surface area (Å²) in [5, 5.41) is 12.1. The largest absolute Gasteiger partial charge is 0.481 e. The van der Waals surface area contributed by atoms with Gasteiger partial charge < -0.3 is 15.0 Å². The molecule has 1 atom stereocenters. The average Bonchev–Trinajstić information content (AvgIpc) is 3.05. The monoisotopic (exact) mass is 315 g/mol. The number of carboxylic acid groups (broad SMARTS) is 1. The van der Waals surface area contributed by atoms with Crippen LogP contribution in [0.15, 0.2) is 49.1 Å². The number of hydrogen-bond donors (Lipinski definition) is 2. The molecule has 0 aliphatic carbocycles. The normalized spacial score (nSPS) is 11.8. The number of amides is 1. The number of aliphatic carboxylic acids is 1. The standard InChI is InChI=1S/C17H21N3O3/c21-16(19-7-4-9-20-10-8-18-13-20)12-15(17(22)23)11-14-5-2-1-3-6-14/h1-3,5-6,8,10,13,15H,4,7,9,11-12H2,(H,19,21)(H,22,23)/t15-/m1/s1. The van der Waals surface area contributed by atoms with Crippen molar-refractivity contribution in [3.63, 3.8) is 0 Å². The predicted molar refractivity (Wildman–Crippen MR) is 85.7 cm³/mol. The lowest BCUT2D eigenvalue weighted by Gasteiger charge is -2.12. The van der Waals surface area contributed by atoms with Crippen LogP contribution in [0.1, 0.15) is 18.4 Å². The fraction of sp³-hybridized carbons (Fsp3) is 0.353. The zero-order valence-corrected chi connectivity index (χ0v) is 12.9.